The molecule has 0 saturated heterocycles. The van der Waals surface area contributed by atoms with Crippen molar-refractivity contribution in [3.05, 3.63) is 70.9 Å². The van der Waals surface area contributed by atoms with Gasteiger partial charge in [-0.1, -0.05) is 36.4 Å². The molecule has 1 aliphatic heterocycles. The van der Waals surface area contributed by atoms with E-state index in [1.165, 1.54) is 25.3 Å². The first kappa shape index (κ1) is 19.0. The Morgan fingerprint density at radius 1 is 1.07 bits per heavy atom. The van der Waals surface area contributed by atoms with E-state index in [0.29, 0.717) is 11.1 Å². The highest BCUT2D eigenvalue weighted by atomic mass is 16.5. The number of phenols is 1. The van der Waals surface area contributed by atoms with E-state index < -0.39 is 23.8 Å². The molecular weight excluding hydrogens is 364 g/mol. The molecule has 0 fully saturated rings. The fraction of sp³-hybridized carbons (Fsp3) is 0.150. The lowest BCUT2D eigenvalue weighted by molar-refractivity contribution is -0.136. The van der Waals surface area contributed by atoms with Crippen LogP contribution in [0.5, 0.6) is 11.5 Å². The molecule has 0 unspecified atom stereocenters. The van der Waals surface area contributed by atoms with Gasteiger partial charge in [0.1, 0.15) is 5.70 Å². The van der Waals surface area contributed by atoms with Gasteiger partial charge in [0.2, 0.25) is 0 Å². The van der Waals surface area contributed by atoms with Crippen LogP contribution >= 0.6 is 0 Å². The second kappa shape index (κ2) is 7.83. The number of nitrogens with one attached hydrogen (secondary N) is 2. The van der Waals surface area contributed by atoms with Gasteiger partial charge in [-0.25, -0.2) is 9.59 Å². The summed E-state index contributed by atoms with van der Waals surface area (Å²) in [6, 6.07) is 11.1. The molecule has 1 aliphatic rings. The van der Waals surface area contributed by atoms with Crippen molar-refractivity contribution in [2.45, 2.75) is 6.04 Å². The Balaban J connectivity index is 2.19. The van der Waals surface area contributed by atoms with Crippen molar-refractivity contribution in [1.29, 1.82) is 0 Å². The molecule has 0 aliphatic carbocycles. The summed E-state index contributed by atoms with van der Waals surface area (Å²) >= 11 is 0. The molecule has 144 valence electrons. The van der Waals surface area contributed by atoms with Gasteiger partial charge in [-0.3, -0.25) is 4.79 Å². The molecule has 0 spiro atoms. The van der Waals surface area contributed by atoms with E-state index in [-0.39, 0.29) is 22.8 Å². The molecule has 2 aromatic rings. The van der Waals surface area contributed by atoms with Crippen LogP contribution in [0.25, 0.3) is 0 Å². The molecule has 28 heavy (non-hydrogen) atoms. The molecule has 3 rings (SSSR count). The third-order valence-corrected chi connectivity index (χ3v) is 4.28. The quantitative estimate of drug-likeness (QED) is 0.539. The van der Waals surface area contributed by atoms with E-state index in [9.17, 15) is 19.5 Å². The average molecular weight is 382 g/mol. The monoisotopic (exact) mass is 382 g/mol. The summed E-state index contributed by atoms with van der Waals surface area (Å²) in [5, 5.41) is 14.8. The number of hydrogen-bond acceptors (Lipinski definition) is 6. The van der Waals surface area contributed by atoms with Crippen LogP contribution in [0.2, 0.25) is 0 Å². The number of carbonyl (C=O) groups excluding carboxylic acids is 3. The number of urea groups is 1. The number of phenolic OH excluding ortho intramolecular Hbond substituents is 1. The summed E-state index contributed by atoms with van der Waals surface area (Å²) in [6.07, 6.45) is 0. The van der Waals surface area contributed by atoms with E-state index in [2.05, 4.69) is 10.6 Å². The molecule has 2 aromatic carbocycles. The second-order valence-corrected chi connectivity index (χ2v) is 5.94. The van der Waals surface area contributed by atoms with E-state index in [4.69, 9.17) is 9.47 Å². The van der Waals surface area contributed by atoms with Gasteiger partial charge < -0.3 is 25.2 Å². The maximum Gasteiger partial charge on any atom is 0.355 e. The van der Waals surface area contributed by atoms with Crippen LogP contribution in [0.1, 0.15) is 22.0 Å². The Kier molecular flexibility index (Phi) is 5.30. The lowest BCUT2D eigenvalue weighted by atomic mass is 9.89. The Bertz CT molecular complexity index is 968. The Morgan fingerprint density at radius 2 is 1.79 bits per heavy atom. The zero-order valence-electron chi connectivity index (χ0n) is 15.2. The van der Waals surface area contributed by atoms with Crippen molar-refractivity contribution in [3.63, 3.8) is 0 Å². The number of ketones is 1. The Labute approximate surface area is 160 Å². The molecule has 1 heterocycles. The van der Waals surface area contributed by atoms with Crippen LogP contribution in [-0.2, 0) is 9.53 Å². The van der Waals surface area contributed by atoms with Gasteiger partial charge in [0.05, 0.1) is 25.8 Å². The van der Waals surface area contributed by atoms with E-state index in [1.807, 2.05) is 0 Å². The number of amides is 2. The molecular formula is C20H18N2O6. The number of carbonyl (C=O) groups is 3. The number of methoxy groups -OCH3 is 2. The summed E-state index contributed by atoms with van der Waals surface area (Å²) < 4.78 is 9.85. The molecule has 0 aromatic heterocycles. The Hall–Kier alpha value is -3.81. The second-order valence-electron chi connectivity index (χ2n) is 5.94. The maximum absolute atomic E-state index is 13.2. The van der Waals surface area contributed by atoms with Crippen LogP contribution in [0.15, 0.2) is 59.8 Å². The largest absolute Gasteiger partial charge is 0.504 e. The summed E-state index contributed by atoms with van der Waals surface area (Å²) in [7, 11) is 2.54. The first-order valence-corrected chi connectivity index (χ1v) is 8.33. The molecule has 1 atom stereocenters. The van der Waals surface area contributed by atoms with E-state index in [0.717, 1.165) is 7.11 Å². The van der Waals surface area contributed by atoms with Gasteiger partial charge in [-0.15, -0.1) is 0 Å². The maximum atomic E-state index is 13.2. The number of esters is 1. The molecule has 8 nitrogen and oxygen atoms in total. The van der Waals surface area contributed by atoms with Gasteiger partial charge in [-0.2, -0.15) is 0 Å². The first-order chi connectivity index (χ1) is 13.5. The van der Waals surface area contributed by atoms with Crippen LogP contribution < -0.4 is 15.4 Å². The molecule has 8 heteroatoms. The molecule has 0 radical (unpaired) electrons. The average Bonchev–Trinajstić information content (AvgIpc) is 2.73. The highest BCUT2D eigenvalue weighted by Gasteiger charge is 2.36. The third kappa shape index (κ3) is 3.52. The molecule has 2 amide bonds. The number of rotatable bonds is 5. The van der Waals surface area contributed by atoms with Gasteiger partial charge in [0.25, 0.3) is 0 Å². The zero-order chi connectivity index (χ0) is 20.3. The normalized spacial score (nSPS) is 16.1. The first-order valence-electron chi connectivity index (χ1n) is 8.33. The molecule has 0 saturated carbocycles. The fourth-order valence-corrected chi connectivity index (χ4v) is 2.94. The Morgan fingerprint density at radius 3 is 2.43 bits per heavy atom. The predicted molar refractivity (Wildman–Crippen MR) is 98.9 cm³/mol. The van der Waals surface area contributed by atoms with Crippen LogP contribution in [0.3, 0.4) is 0 Å². The van der Waals surface area contributed by atoms with E-state index >= 15 is 0 Å². The van der Waals surface area contributed by atoms with Crippen molar-refractivity contribution >= 4 is 17.8 Å². The molecule has 0 bridgehead atoms. The minimum Gasteiger partial charge on any atom is -0.504 e. The van der Waals surface area contributed by atoms with Crippen molar-refractivity contribution in [1.82, 2.24) is 10.6 Å². The van der Waals surface area contributed by atoms with Gasteiger partial charge in [-0.05, 0) is 17.7 Å². The minimum absolute atomic E-state index is 0.0189. The van der Waals surface area contributed by atoms with Crippen molar-refractivity contribution < 1.29 is 29.0 Å². The van der Waals surface area contributed by atoms with E-state index in [1.54, 1.807) is 30.3 Å². The minimum atomic E-state index is -0.954. The lowest BCUT2D eigenvalue weighted by Crippen LogP contribution is -2.47. The SMILES string of the molecule is COC(=O)C1=C(C(=O)c2ccccc2)[C@H](c2ccc(O)c(OC)c2)NC(=O)N1. The van der Waals surface area contributed by atoms with Crippen LogP contribution in [0, 0.1) is 0 Å². The highest BCUT2D eigenvalue weighted by molar-refractivity contribution is 6.15. The van der Waals surface area contributed by atoms with Crippen molar-refractivity contribution in [2.75, 3.05) is 14.2 Å². The fourth-order valence-electron chi connectivity index (χ4n) is 2.94. The van der Waals surface area contributed by atoms with Crippen LogP contribution in [-0.4, -0.2) is 37.1 Å². The number of Topliss-reactive ketones (excluding diaryl/α,β-unsaturated/α-hetero) is 1. The smallest absolute Gasteiger partial charge is 0.355 e. The topological polar surface area (TPSA) is 114 Å². The summed E-state index contributed by atoms with van der Waals surface area (Å²) in [4.78, 5) is 37.6. The lowest BCUT2D eigenvalue weighted by Gasteiger charge is -2.29. The number of aromatic hydroxyl groups is 1. The van der Waals surface area contributed by atoms with Crippen molar-refractivity contribution in [3.8, 4) is 11.5 Å². The third-order valence-electron chi connectivity index (χ3n) is 4.28. The molecule has 3 N–H and O–H groups in total. The van der Waals surface area contributed by atoms with Gasteiger partial charge in [0.15, 0.2) is 17.3 Å². The predicted octanol–water partition coefficient (Wildman–Crippen LogP) is 2.06. The number of benzene rings is 2. The number of hydrogen-bond donors (Lipinski definition) is 3. The highest BCUT2D eigenvalue weighted by Crippen LogP contribution is 2.34. The van der Waals surface area contributed by atoms with Crippen LogP contribution in [0.4, 0.5) is 4.79 Å². The van der Waals surface area contributed by atoms with Crippen molar-refractivity contribution in [2.24, 2.45) is 0 Å². The standard InChI is InChI=1S/C20H18N2O6/c1-27-14-10-12(8-9-13(14)23)16-15(18(24)11-6-4-3-5-7-11)17(19(25)28-2)22-20(26)21-16/h3-10,16,23H,1-2H3,(H2,21,22,26)/t16-/m0/s1. The van der Waals surface area contributed by atoms with Gasteiger partial charge >= 0.3 is 12.0 Å². The van der Waals surface area contributed by atoms with Gasteiger partial charge in [0, 0.05) is 5.56 Å². The number of ether oxygens (including phenoxy) is 2. The summed E-state index contributed by atoms with van der Waals surface area (Å²) in [5.74, 6) is -1.23. The summed E-state index contributed by atoms with van der Waals surface area (Å²) in [6.45, 7) is 0. The zero-order valence-corrected chi connectivity index (χ0v) is 15.2. The summed E-state index contributed by atoms with van der Waals surface area (Å²) in [5.41, 5.74) is 0.570.